The topological polar surface area (TPSA) is 29.1 Å². The van der Waals surface area contributed by atoms with E-state index in [0.717, 1.165) is 6.08 Å². The smallest absolute Gasteiger partial charge is 0.315 e. The van der Waals surface area contributed by atoms with E-state index in [-0.39, 0.29) is 19.5 Å². The van der Waals surface area contributed by atoms with Gasteiger partial charge in [0.1, 0.15) is 5.41 Å². The second kappa shape index (κ2) is 3.14. The molecule has 13 heavy (non-hydrogen) atoms. The minimum atomic E-state index is -4.48. The molecule has 5 heteroatoms. The Labute approximate surface area is 73.8 Å². The lowest BCUT2D eigenvalue weighted by Crippen LogP contribution is -2.45. The number of nitrogens with one attached hydrogen (secondary N) is 1. The van der Waals surface area contributed by atoms with Gasteiger partial charge in [0, 0.05) is 6.54 Å². The molecule has 74 valence electrons. The van der Waals surface area contributed by atoms with E-state index in [4.69, 9.17) is 0 Å². The van der Waals surface area contributed by atoms with Crippen LogP contribution in [0, 0.1) is 5.41 Å². The molecular formula is C8H10F3NO. The minimum absolute atomic E-state index is 0.193. The first-order chi connectivity index (χ1) is 5.94. The van der Waals surface area contributed by atoms with Crippen molar-refractivity contribution in [1.82, 2.24) is 5.32 Å². The molecule has 1 aliphatic heterocycles. The zero-order chi connectivity index (χ0) is 10.1. The largest absolute Gasteiger partial charge is 0.402 e. The standard InChI is InChI=1S/C8H10F3NO/c1-2-6(13)7(8(9,10)11)3-4-12-5-7/h2,12H,1,3-5H2. The maximum absolute atomic E-state index is 12.5. The number of ketones is 1. The molecule has 0 aromatic rings. The van der Waals surface area contributed by atoms with Crippen molar-refractivity contribution in [2.24, 2.45) is 5.41 Å². The lowest BCUT2D eigenvalue weighted by Gasteiger charge is -2.27. The van der Waals surface area contributed by atoms with Gasteiger partial charge >= 0.3 is 6.18 Å². The highest BCUT2D eigenvalue weighted by Crippen LogP contribution is 2.43. The van der Waals surface area contributed by atoms with Gasteiger partial charge in [0.25, 0.3) is 0 Å². The fraction of sp³-hybridized carbons (Fsp3) is 0.625. The fourth-order valence-corrected chi connectivity index (χ4v) is 1.48. The summed E-state index contributed by atoms with van der Waals surface area (Å²) in [6.45, 7) is 2.98. The van der Waals surface area contributed by atoms with Crippen molar-refractivity contribution in [2.45, 2.75) is 12.6 Å². The number of carbonyl (C=O) groups is 1. The van der Waals surface area contributed by atoms with Gasteiger partial charge in [0.15, 0.2) is 5.78 Å². The SMILES string of the molecule is C=CC(=O)C1(C(F)(F)F)CCNC1. The molecule has 1 saturated heterocycles. The monoisotopic (exact) mass is 193 g/mol. The van der Waals surface area contributed by atoms with Crippen molar-refractivity contribution in [1.29, 1.82) is 0 Å². The van der Waals surface area contributed by atoms with Gasteiger partial charge < -0.3 is 5.32 Å². The second-order valence-corrected chi connectivity index (χ2v) is 3.08. The first-order valence-electron chi connectivity index (χ1n) is 3.88. The van der Waals surface area contributed by atoms with Gasteiger partial charge in [0.2, 0.25) is 0 Å². The summed E-state index contributed by atoms with van der Waals surface area (Å²) >= 11 is 0. The van der Waals surface area contributed by atoms with E-state index in [2.05, 4.69) is 11.9 Å². The van der Waals surface area contributed by atoms with Gasteiger partial charge in [-0.2, -0.15) is 13.2 Å². The molecule has 1 rings (SSSR count). The summed E-state index contributed by atoms with van der Waals surface area (Å²) in [5, 5.41) is 2.55. The van der Waals surface area contributed by atoms with Crippen LogP contribution in [0.5, 0.6) is 0 Å². The summed E-state index contributed by atoms with van der Waals surface area (Å²) in [5.74, 6) is -0.940. The lowest BCUT2D eigenvalue weighted by molar-refractivity contribution is -0.212. The summed E-state index contributed by atoms with van der Waals surface area (Å²) in [6, 6.07) is 0. The van der Waals surface area contributed by atoms with E-state index >= 15 is 0 Å². The van der Waals surface area contributed by atoms with E-state index in [1.165, 1.54) is 0 Å². The summed E-state index contributed by atoms with van der Waals surface area (Å²) in [5.41, 5.74) is -2.23. The van der Waals surface area contributed by atoms with Crippen molar-refractivity contribution >= 4 is 5.78 Å². The Bertz CT molecular complexity index is 228. The second-order valence-electron chi connectivity index (χ2n) is 3.08. The van der Waals surface area contributed by atoms with Crippen LogP contribution in [0.4, 0.5) is 13.2 Å². The molecule has 1 fully saturated rings. The molecule has 0 saturated carbocycles. The zero-order valence-electron chi connectivity index (χ0n) is 6.95. The summed E-state index contributed by atoms with van der Waals surface area (Å²) < 4.78 is 37.6. The Morgan fingerprint density at radius 2 is 2.15 bits per heavy atom. The van der Waals surface area contributed by atoms with Crippen LogP contribution in [0.2, 0.25) is 0 Å². The molecule has 1 unspecified atom stereocenters. The molecule has 1 heterocycles. The Morgan fingerprint density at radius 3 is 2.46 bits per heavy atom. The van der Waals surface area contributed by atoms with Crippen molar-refractivity contribution in [3.8, 4) is 0 Å². The quantitative estimate of drug-likeness (QED) is 0.669. The number of hydrogen-bond donors (Lipinski definition) is 1. The summed E-state index contributed by atoms with van der Waals surface area (Å²) in [6.07, 6.45) is -3.93. The molecule has 0 aromatic carbocycles. The molecule has 0 radical (unpaired) electrons. The van der Waals surface area contributed by atoms with Gasteiger partial charge in [-0.1, -0.05) is 6.58 Å². The predicted molar refractivity (Wildman–Crippen MR) is 41.2 cm³/mol. The number of halogens is 3. The Hall–Kier alpha value is -0.840. The average molecular weight is 193 g/mol. The molecule has 0 aliphatic carbocycles. The highest BCUT2D eigenvalue weighted by atomic mass is 19.4. The van der Waals surface area contributed by atoms with Crippen molar-refractivity contribution in [2.75, 3.05) is 13.1 Å². The normalized spacial score (nSPS) is 28.8. The highest BCUT2D eigenvalue weighted by molar-refractivity contribution is 5.95. The number of alkyl halides is 3. The third-order valence-corrected chi connectivity index (χ3v) is 2.36. The Kier molecular flexibility index (Phi) is 2.47. The summed E-state index contributed by atoms with van der Waals surface area (Å²) in [7, 11) is 0. The summed E-state index contributed by atoms with van der Waals surface area (Å²) in [4.78, 5) is 11.1. The van der Waals surface area contributed by atoms with Crippen LogP contribution >= 0.6 is 0 Å². The first kappa shape index (κ1) is 10.2. The van der Waals surface area contributed by atoms with Crippen LogP contribution < -0.4 is 5.32 Å². The van der Waals surface area contributed by atoms with Crippen molar-refractivity contribution in [3.63, 3.8) is 0 Å². The molecule has 1 atom stereocenters. The van der Waals surface area contributed by atoms with E-state index in [0.29, 0.717) is 0 Å². The van der Waals surface area contributed by atoms with Crippen LogP contribution in [-0.4, -0.2) is 25.0 Å². The highest BCUT2D eigenvalue weighted by Gasteiger charge is 2.60. The van der Waals surface area contributed by atoms with Crippen molar-refractivity contribution < 1.29 is 18.0 Å². The Morgan fingerprint density at radius 1 is 1.54 bits per heavy atom. The Balaban J connectivity index is 3.01. The average Bonchev–Trinajstić information content (AvgIpc) is 2.50. The van der Waals surface area contributed by atoms with Gasteiger partial charge in [-0.3, -0.25) is 4.79 Å². The third-order valence-electron chi connectivity index (χ3n) is 2.36. The minimum Gasteiger partial charge on any atom is -0.315 e. The predicted octanol–water partition coefficient (Wildman–Crippen LogP) is 1.28. The third kappa shape index (κ3) is 1.48. The molecule has 1 N–H and O–H groups in total. The number of allylic oxidation sites excluding steroid dienone is 1. The van der Waals surface area contributed by atoms with Crippen LogP contribution in [-0.2, 0) is 4.79 Å². The van der Waals surface area contributed by atoms with E-state index in [1.54, 1.807) is 0 Å². The molecule has 0 amide bonds. The first-order valence-corrected chi connectivity index (χ1v) is 3.88. The zero-order valence-corrected chi connectivity index (χ0v) is 6.95. The maximum atomic E-state index is 12.5. The molecule has 2 nitrogen and oxygen atoms in total. The van der Waals surface area contributed by atoms with E-state index in [9.17, 15) is 18.0 Å². The lowest BCUT2D eigenvalue weighted by atomic mass is 9.82. The van der Waals surface area contributed by atoms with Gasteiger partial charge in [0.05, 0.1) is 0 Å². The van der Waals surface area contributed by atoms with Crippen LogP contribution in [0.1, 0.15) is 6.42 Å². The van der Waals surface area contributed by atoms with Gasteiger partial charge in [-0.25, -0.2) is 0 Å². The van der Waals surface area contributed by atoms with Gasteiger partial charge in [-0.15, -0.1) is 0 Å². The number of carbonyl (C=O) groups excluding carboxylic acids is 1. The molecule has 0 spiro atoms. The van der Waals surface area contributed by atoms with Crippen molar-refractivity contribution in [3.05, 3.63) is 12.7 Å². The van der Waals surface area contributed by atoms with E-state index < -0.39 is 17.4 Å². The molecule has 1 aliphatic rings. The maximum Gasteiger partial charge on any atom is 0.402 e. The van der Waals surface area contributed by atoms with Crippen LogP contribution in [0.3, 0.4) is 0 Å². The fourth-order valence-electron chi connectivity index (χ4n) is 1.48. The molecule has 0 aromatic heterocycles. The van der Waals surface area contributed by atoms with Crippen LogP contribution in [0.25, 0.3) is 0 Å². The molecular weight excluding hydrogens is 183 g/mol. The number of rotatable bonds is 2. The van der Waals surface area contributed by atoms with Crippen LogP contribution in [0.15, 0.2) is 12.7 Å². The van der Waals surface area contributed by atoms with E-state index in [1.807, 2.05) is 0 Å². The van der Waals surface area contributed by atoms with Gasteiger partial charge in [-0.05, 0) is 19.0 Å². The molecule has 0 bridgehead atoms. The number of hydrogen-bond acceptors (Lipinski definition) is 2.